The van der Waals surface area contributed by atoms with E-state index in [4.69, 9.17) is 4.42 Å². The molecule has 84 valence electrons. The van der Waals surface area contributed by atoms with E-state index < -0.39 is 0 Å². The standard InChI is InChI=1S/C11H13N3O2/c1-7(2)12-11(15)9-6-8(13-14-9)10-4-3-5-16-10/h3-7H,1-2H3,(H,12,15)(H,13,14). The number of aromatic nitrogens is 2. The number of rotatable bonds is 3. The van der Waals surface area contributed by atoms with E-state index in [1.807, 2.05) is 13.8 Å². The second-order valence-corrected chi connectivity index (χ2v) is 3.77. The van der Waals surface area contributed by atoms with Crippen molar-refractivity contribution in [1.82, 2.24) is 15.5 Å². The summed E-state index contributed by atoms with van der Waals surface area (Å²) in [5.41, 5.74) is 1.05. The third-order valence-electron chi connectivity index (χ3n) is 2.02. The summed E-state index contributed by atoms with van der Waals surface area (Å²) >= 11 is 0. The zero-order valence-electron chi connectivity index (χ0n) is 9.15. The average molecular weight is 219 g/mol. The Morgan fingerprint density at radius 1 is 1.56 bits per heavy atom. The molecule has 2 aromatic heterocycles. The molecule has 1 amide bonds. The van der Waals surface area contributed by atoms with Crippen LogP contribution in [0.1, 0.15) is 24.3 Å². The maximum absolute atomic E-state index is 11.6. The zero-order chi connectivity index (χ0) is 11.5. The molecular weight excluding hydrogens is 206 g/mol. The topological polar surface area (TPSA) is 70.9 Å². The SMILES string of the molecule is CC(C)NC(=O)c1cc(-c2ccco2)[nH]n1. The average Bonchev–Trinajstić information content (AvgIpc) is 2.87. The van der Waals surface area contributed by atoms with Gasteiger partial charge in [-0.25, -0.2) is 0 Å². The zero-order valence-corrected chi connectivity index (χ0v) is 9.15. The number of nitrogens with one attached hydrogen (secondary N) is 2. The first-order valence-electron chi connectivity index (χ1n) is 5.07. The molecule has 16 heavy (non-hydrogen) atoms. The molecule has 2 N–H and O–H groups in total. The second-order valence-electron chi connectivity index (χ2n) is 3.77. The van der Waals surface area contributed by atoms with Gasteiger partial charge in [-0.2, -0.15) is 5.10 Å². The highest BCUT2D eigenvalue weighted by atomic mass is 16.3. The molecule has 2 aromatic rings. The van der Waals surface area contributed by atoms with Gasteiger partial charge in [0, 0.05) is 12.1 Å². The molecule has 0 aromatic carbocycles. The lowest BCUT2D eigenvalue weighted by atomic mass is 10.3. The van der Waals surface area contributed by atoms with E-state index in [1.165, 1.54) is 0 Å². The van der Waals surface area contributed by atoms with Crippen LogP contribution in [0.3, 0.4) is 0 Å². The molecule has 0 aliphatic carbocycles. The van der Waals surface area contributed by atoms with Crippen molar-refractivity contribution in [2.24, 2.45) is 0 Å². The van der Waals surface area contributed by atoms with Gasteiger partial charge in [-0.15, -0.1) is 0 Å². The van der Waals surface area contributed by atoms with Gasteiger partial charge in [0.2, 0.25) is 0 Å². The van der Waals surface area contributed by atoms with E-state index >= 15 is 0 Å². The van der Waals surface area contributed by atoms with Gasteiger partial charge in [0.15, 0.2) is 11.5 Å². The highest BCUT2D eigenvalue weighted by Crippen LogP contribution is 2.17. The smallest absolute Gasteiger partial charge is 0.271 e. The molecule has 0 atom stereocenters. The Bertz CT molecular complexity index is 471. The molecule has 0 saturated carbocycles. The number of carbonyl (C=O) groups is 1. The summed E-state index contributed by atoms with van der Waals surface area (Å²) in [6.07, 6.45) is 1.57. The van der Waals surface area contributed by atoms with Gasteiger partial charge in [0.05, 0.1) is 6.26 Å². The summed E-state index contributed by atoms with van der Waals surface area (Å²) in [7, 11) is 0. The largest absolute Gasteiger partial charge is 0.463 e. The molecule has 5 nitrogen and oxygen atoms in total. The molecule has 0 aliphatic rings. The van der Waals surface area contributed by atoms with Crippen molar-refractivity contribution in [3.8, 4) is 11.5 Å². The highest BCUT2D eigenvalue weighted by Gasteiger charge is 2.12. The second kappa shape index (κ2) is 4.22. The third kappa shape index (κ3) is 2.13. The Morgan fingerprint density at radius 2 is 2.38 bits per heavy atom. The van der Waals surface area contributed by atoms with Crippen molar-refractivity contribution in [2.75, 3.05) is 0 Å². The van der Waals surface area contributed by atoms with E-state index in [0.29, 0.717) is 17.1 Å². The van der Waals surface area contributed by atoms with Crippen LogP contribution < -0.4 is 5.32 Å². The first-order chi connectivity index (χ1) is 7.66. The van der Waals surface area contributed by atoms with Crippen molar-refractivity contribution in [3.05, 3.63) is 30.2 Å². The molecule has 0 bridgehead atoms. The van der Waals surface area contributed by atoms with E-state index in [0.717, 1.165) is 0 Å². The van der Waals surface area contributed by atoms with Crippen LogP contribution in [0.15, 0.2) is 28.9 Å². The van der Waals surface area contributed by atoms with Crippen LogP contribution in [0.25, 0.3) is 11.5 Å². The van der Waals surface area contributed by atoms with E-state index in [2.05, 4.69) is 15.5 Å². The van der Waals surface area contributed by atoms with Gasteiger partial charge in [0.1, 0.15) is 5.69 Å². The van der Waals surface area contributed by atoms with E-state index in [9.17, 15) is 4.79 Å². The van der Waals surface area contributed by atoms with Crippen molar-refractivity contribution >= 4 is 5.91 Å². The van der Waals surface area contributed by atoms with Crippen LogP contribution in [-0.2, 0) is 0 Å². The number of furan rings is 1. The molecule has 0 unspecified atom stereocenters. The summed E-state index contributed by atoms with van der Waals surface area (Å²) in [6, 6.07) is 5.34. The summed E-state index contributed by atoms with van der Waals surface area (Å²) in [5, 5.41) is 9.45. The van der Waals surface area contributed by atoms with Gasteiger partial charge in [-0.1, -0.05) is 0 Å². The normalized spacial score (nSPS) is 10.7. The maximum Gasteiger partial charge on any atom is 0.271 e. The maximum atomic E-state index is 11.6. The molecule has 5 heteroatoms. The lowest BCUT2D eigenvalue weighted by Crippen LogP contribution is -2.30. The predicted octanol–water partition coefficient (Wildman–Crippen LogP) is 1.81. The van der Waals surface area contributed by atoms with Crippen LogP contribution in [0.2, 0.25) is 0 Å². The van der Waals surface area contributed by atoms with E-state index in [-0.39, 0.29) is 11.9 Å². The first kappa shape index (κ1) is 10.5. The molecule has 2 heterocycles. The first-order valence-corrected chi connectivity index (χ1v) is 5.07. The fourth-order valence-corrected chi connectivity index (χ4v) is 1.33. The van der Waals surface area contributed by atoms with Gasteiger partial charge in [-0.05, 0) is 26.0 Å². The van der Waals surface area contributed by atoms with Crippen LogP contribution in [0.4, 0.5) is 0 Å². The molecule has 0 aliphatic heterocycles. The predicted molar refractivity (Wildman–Crippen MR) is 58.9 cm³/mol. The molecular formula is C11H13N3O2. The highest BCUT2D eigenvalue weighted by molar-refractivity contribution is 5.93. The Balaban J connectivity index is 2.17. The Kier molecular flexibility index (Phi) is 2.76. The van der Waals surface area contributed by atoms with Crippen LogP contribution in [-0.4, -0.2) is 22.1 Å². The lowest BCUT2D eigenvalue weighted by Gasteiger charge is -2.04. The minimum Gasteiger partial charge on any atom is -0.463 e. The van der Waals surface area contributed by atoms with Crippen molar-refractivity contribution in [1.29, 1.82) is 0 Å². The molecule has 2 rings (SSSR count). The van der Waals surface area contributed by atoms with Crippen LogP contribution >= 0.6 is 0 Å². The fraction of sp³-hybridized carbons (Fsp3) is 0.273. The van der Waals surface area contributed by atoms with Crippen molar-refractivity contribution < 1.29 is 9.21 Å². The number of nitrogens with zero attached hydrogens (tertiary/aromatic N) is 1. The number of aromatic amines is 1. The van der Waals surface area contributed by atoms with Gasteiger partial charge >= 0.3 is 0 Å². The summed E-state index contributed by atoms with van der Waals surface area (Å²) < 4.78 is 5.19. The fourth-order valence-electron chi connectivity index (χ4n) is 1.33. The van der Waals surface area contributed by atoms with Crippen molar-refractivity contribution in [3.63, 3.8) is 0 Å². The number of amides is 1. The van der Waals surface area contributed by atoms with Gasteiger partial charge in [0.25, 0.3) is 5.91 Å². The summed E-state index contributed by atoms with van der Waals surface area (Å²) in [6.45, 7) is 3.80. The van der Waals surface area contributed by atoms with Crippen molar-refractivity contribution in [2.45, 2.75) is 19.9 Å². The quantitative estimate of drug-likeness (QED) is 0.827. The monoisotopic (exact) mass is 219 g/mol. The molecule has 0 fully saturated rings. The van der Waals surface area contributed by atoms with Gasteiger partial charge in [-0.3, -0.25) is 9.89 Å². The summed E-state index contributed by atoms with van der Waals surface area (Å²) in [5.74, 6) is 0.472. The minimum absolute atomic E-state index is 0.0938. The molecule has 0 spiro atoms. The molecule has 0 radical (unpaired) electrons. The Morgan fingerprint density at radius 3 is 3.00 bits per heavy atom. The van der Waals surface area contributed by atoms with E-state index in [1.54, 1.807) is 24.5 Å². The lowest BCUT2D eigenvalue weighted by molar-refractivity contribution is 0.0938. The summed E-state index contributed by atoms with van der Waals surface area (Å²) in [4.78, 5) is 11.6. The number of hydrogen-bond donors (Lipinski definition) is 2. The number of hydrogen-bond acceptors (Lipinski definition) is 3. The van der Waals surface area contributed by atoms with Crippen LogP contribution in [0.5, 0.6) is 0 Å². The Labute approximate surface area is 92.9 Å². The molecule has 0 saturated heterocycles. The third-order valence-corrected chi connectivity index (χ3v) is 2.02. The minimum atomic E-state index is -0.191. The number of H-pyrrole nitrogens is 1. The number of carbonyl (C=O) groups excluding carboxylic acids is 1. The Hall–Kier alpha value is -2.04. The van der Waals surface area contributed by atoms with Crippen LogP contribution in [0, 0.1) is 0 Å². The van der Waals surface area contributed by atoms with Gasteiger partial charge < -0.3 is 9.73 Å².